The topological polar surface area (TPSA) is 12.5 Å². The average Bonchev–Trinajstić information content (AvgIpc) is 2.28. The standard InChI is InChI=1S/C10H18ClNO/c1-3-10-8-12(7-9(2)11)5-4-6-13-10/h10H,2-8H2,1H3. The molecule has 1 fully saturated rings. The minimum Gasteiger partial charge on any atom is -0.377 e. The summed E-state index contributed by atoms with van der Waals surface area (Å²) in [6.07, 6.45) is 2.55. The molecule has 1 aliphatic rings. The fourth-order valence-corrected chi connectivity index (χ4v) is 1.77. The Morgan fingerprint density at radius 1 is 1.69 bits per heavy atom. The Hall–Kier alpha value is -0.0500. The second kappa shape index (κ2) is 5.63. The van der Waals surface area contributed by atoms with Crippen LogP contribution in [-0.2, 0) is 4.74 Å². The lowest BCUT2D eigenvalue weighted by Gasteiger charge is -2.22. The maximum absolute atomic E-state index is 5.78. The van der Waals surface area contributed by atoms with Crippen molar-refractivity contribution >= 4 is 11.6 Å². The Bertz CT molecular complexity index is 172. The average molecular weight is 204 g/mol. The van der Waals surface area contributed by atoms with Gasteiger partial charge in [-0.15, -0.1) is 0 Å². The van der Waals surface area contributed by atoms with E-state index in [0.717, 1.165) is 44.1 Å². The molecule has 0 N–H and O–H groups in total. The normalized spacial score (nSPS) is 25.5. The summed E-state index contributed by atoms with van der Waals surface area (Å²) >= 11 is 5.78. The van der Waals surface area contributed by atoms with Crippen molar-refractivity contribution in [1.29, 1.82) is 0 Å². The predicted octanol–water partition coefficient (Wildman–Crippen LogP) is 2.24. The van der Waals surface area contributed by atoms with Gasteiger partial charge >= 0.3 is 0 Å². The second-order valence-corrected chi connectivity index (χ2v) is 4.04. The molecule has 0 radical (unpaired) electrons. The summed E-state index contributed by atoms with van der Waals surface area (Å²) in [7, 11) is 0. The molecule has 1 heterocycles. The molecule has 1 aliphatic heterocycles. The van der Waals surface area contributed by atoms with Gasteiger partial charge in [0.05, 0.1) is 6.10 Å². The quantitative estimate of drug-likeness (QED) is 0.698. The van der Waals surface area contributed by atoms with Crippen LogP contribution in [0.2, 0.25) is 0 Å². The van der Waals surface area contributed by atoms with Gasteiger partial charge in [0, 0.05) is 31.3 Å². The lowest BCUT2D eigenvalue weighted by molar-refractivity contribution is 0.0532. The molecule has 76 valence electrons. The molecule has 0 amide bonds. The zero-order chi connectivity index (χ0) is 9.68. The third-order valence-electron chi connectivity index (χ3n) is 2.28. The molecular formula is C10H18ClNO. The van der Waals surface area contributed by atoms with Crippen molar-refractivity contribution in [1.82, 2.24) is 4.90 Å². The summed E-state index contributed by atoms with van der Waals surface area (Å²) in [6, 6.07) is 0. The summed E-state index contributed by atoms with van der Waals surface area (Å²) in [5, 5.41) is 0.719. The highest BCUT2D eigenvalue weighted by Crippen LogP contribution is 2.11. The van der Waals surface area contributed by atoms with Crippen LogP contribution in [0.15, 0.2) is 11.6 Å². The highest BCUT2D eigenvalue weighted by molar-refractivity contribution is 6.29. The van der Waals surface area contributed by atoms with Gasteiger partial charge in [-0.3, -0.25) is 4.90 Å². The summed E-state index contributed by atoms with van der Waals surface area (Å²) in [5.74, 6) is 0. The fraction of sp³-hybridized carbons (Fsp3) is 0.800. The number of hydrogen-bond acceptors (Lipinski definition) is 2. The second-order valence-electron chi connectivity index (χ2n) is 3.51. The third kappa shape index (κ3) is 4.12. The van der Waals surface area contributed by atoms with Crippen molar-refractivity contribution in [2.24, 2.45) is 0 Å². The number of ether oxygens (including phenoxy) is 1. The van der Waals surface area contributed by atoms with Crippen LogP contribution in [0.25, 0.3) is 0 Å². The van der Waals surface area contributed by atoms with Gasteiger partial charge in [0.15, 0.2) is 0 Å². The predicted molar refractivity (Wildman–Crippen MR) is 56.1 cm³/mol. The van der Waals surface area contributed by atoms with Gasteiger partial charge in [-0.1, -0.05) is 25.1 Å². The highest BCUT2D eigenvalue weighted by Gasteiger charge is 2.16. The molecular weight excluding hydrogens is 186 g/mol. The molecule has 2 nitrogen and oxygen atoms in total. The number of hydrogen-bond donors (Lipinski definition) is 0. The van der Waals surface area contributed by atoms with E-state index in [9.17, 15) is 0 Å². The molecule has 1 unspecified atom stereocenters. The summed E-state index contributed by atoms with van der Waals surface area (Å²) in [6.45, 7) is 9.60. The molecule has 0 aromatic rings. The van der Waals surface area contributed by atoms with E-state index in [-0.39, 0.29) is 0 Å². The van der Waals surface area contributed by atoms with Gasteiger partial charge < -0.3 is 4.74 Å². The maximum atomic E-state index is 5.78. The van der Waals surface area contributed by atoms with E-state index in [1.165, 1.54) is 0 Å². The zero-order valence-electron chi connectivity index (χ0n) is 8.26. The van der Waals surface area contributed by atoms with Crippen molar-refractivity contribution in [3.8, 4) is 0 Å². The van der Waals surface area contributed by atoms with Crippen LogP contribution in [-0.4, -0.2) is 37.2 Å². The molecule has 0 bridgehead atoms. The van der Waals surface area contributed by atoms with Crippen molar-refractivity contribution in [3.63, 3.8) is 0 Å². The van der Waals surface area contributed by atoms with E-state index in [0.29, 0.717) is 6.10 Å². The highest BCUT2D eigenvalue weighted by atomic mass is 35.5. The first kappa shape index (κ1) is 11.0. The van der Waals surface area contributed by atoms with Gasteiger partial charge in [-0.25, -0.2) is 0 Å². The van der Waals surface area contributed by atoms with Crippen molar-refractivity contribution in [3.05, 3.63) is 11.6 Å². The molecule has 1 saturated heterocycles. The van der Waals surface area contributed by atoms with E-state index in [2.05, 4.69) is 18.4 Å². The van der Waals surface area contributed by atoms with E-state index in [4.69, 9.17) is 16.3 Å². The van der Waals surface area contributed by atoms with Gasteiger partial charge in [0.2, 0.25) is 0 Å². The first-order valence-corrected chi connectivity index (χ1v) is 5.27. The van der Waals surface area contributed by atoms with Crippen LogP contribution < -0.4 is 0 Å². The number of halogens is 1. The molecule has 0 saturated carbocycles. The smallest absolute Gasteiger partial charge is 0.0699 e. The molecule has 0 spiro atoms. The molecule has 3 heteroatoms. The van der Waals surface area contributed by atoms with Crippen LogP contribution in [0.5, 0.6) is 0 Å². The molecule has 13 heavy (non-hydrogen) atoms. The van der Waals surface area contributed by atoms with Crippen LogP contribution in [0.4, 0.5) is 0 Å². The summed E-state index contributed by atoms with van der Waals surface area (Å²) in [5.41, 5.74) is 0. The van der Waals surface area contributed by atoms with E-state index in [1.54, 1.807) is 0 Å². The Labute approximate surface area is 85.5 Å². The molecule has 1 rings (SSSR count). The van der Waals surface area contributed by atoms with E-state index >= 15 is 0 Å². The minimum atomic E-state index is 0.374. The first-order chi connectivity index (χ1) is 6.22. The van der Waals surface area contributed by atoms with Crippen molar-refractivity contribution in [2.45, 2.75) is 25.9 Å². The number of nitrogens with zero attached hydrogens (tertiary/aromatic N) is 1. The SMILES string of the molecule is C=C(Cl)CN1CCCOC(CC)C1. The van der Waals surface area contributed by atoms with E-state index in [1.807, 2.05) is 0 Å². The lowest BCUT2D eigenvalue weighted by atomic mass is 10.2. The van der Waals surface area contributed by atoms with Crippen molar-refractivity contribution in [2.75, 3.05) is 26.2 Å². The zero-order valence-corrected chi connectivity index (χ0v) is 9.02. The Morgan fingerprint density at radius 3 is 3.08 bits per heavy atom. The Kier molecular flexibility index (Phi) is 4.78. The molecule has 0 aromatic carbocycles. The third-order valence-corrected chi connectivity index (χ3v) is 2.40. The monoisotopic (exact) mass is 203 g/mol. The first-order valence-electron chi connectivity index (χ1n) is 4.89. The largest absolute Gasteiger partial charge is 0.377 e. The summed E-state index contributed by atoms with van der Waals surface area (Å²) < 4.78 is 5.65. The molecule has 0 aromatic heterocycles. The number of rotatable bonds is 3. The van der Waals surface area contributed by atoms with Crippen LogP contribution in [0, 0.1) is 0 Å². The van der Waals surface area contributed by atoms with Crippen LogP contribution >= 0.6 is 11.6 Å². The fourth-order valence-electron chi connectivity index (χ4n) is 1.60. The van der Waals surface area contributed by atoms with Gasteiger partial charge in [0.25, 0.3) is 0 Å². The minimum absolute atomic E-state index is 0.374. The Morgan fingerprint density at radius 2 is 2.46 bits per heavy atom. The van der Waals surface area contributed by atoms with Crippen LogP contribution in [0.3, 0.4) is 0 Å². The van der Waals surface area contributed by atoms with Gasteiger partial charge in [-0.05, 0) is 12.8 Å². The Balaban J connectivity index is 2.39. The molecule has 0 aliphatic carbocycles. The van der Waals surface area contributed by atoms with Crippen LogP contribution in [0.1, 0.15) is 19.8 Å². The maximum Gasteiger partial charge on any atom is 0.0699 e. The van der Waals surface area contributed by atoms with Gasteiger partial charge in [-0.2, -0.15) is 0 Å². The van der Waals surface area contributed by atoms with E-state index < -0.39 is 0 Å². The van der Waals surface area contributed by atoms with Crippen molar-refractivity contribution < 1.29 is 4.74 Å². The molecule has 1 atom stereocenters. The van der Waals surface area contributed by atoms with Gasteiger partial charge in [0.1, 0.15) is 0 Å². The summed E-state index contributed by atoms with van der Waals surface area (Å²) in [4.78, 5) is 2.32. The lowest BCUT2D eigenvalue weighted by Crippen LogP contribution is -2.32.